The predicted octanol–water partition coefficient (Wildman–Crippen LogP) is 4.18. The Morgan fingerprint density at radius 3 is 2.55 bits per heavy atom. The van der Waals surface area contributed by atoms with E-state index in [1.165, 1.54) is 22.7 Å². The van der Waals surface area contributed by atoms with Gasteiger partial charge < -0.3 is 5.32 Å². The molecular weight excluding hydrogens is 456 g/mol. The number of sulfone groups is 1. The number of nitrogens with zero attached hydrogens (tertiary/aromatic N) is 3. The van der Waals surface area contributed by atoms with Crippen molar-refractivity contribution >= 4 is 43.6 Å². The van der Waals surface area contributed by atoms with E-state index in [-0.39, 0.29) is 17.7 Å². The van der Waals surface area contributed by atoms with E-state index in [4.69, 9.17) is 0 Å². The third-order valence-corrected chi connectivity index (χ3v) is 6.80. The van der Waals surface area contributed by atoms with Crippen LogP contribution in [0.2, 0.25) is 0 Å². The fraction of sp³-hybridized carbons (Fsp3) is 0.292. The van der Waals surface area contributed by atoms with E-state index < -0.39 is 15.3 Å². The van der Waals surface area contributed by atoms with Crippen LogP contribution < -0.4 is 5.32 Å². The van der Waals surface area contributed by atoms with Gasteiger partial charge in [-0.15, -0.1) is 0 Å². The molecule has 0 bridgehead atoms. The van der Waals surface area contributed by atoms with Crippen LogP contribution in [0.1, 0.15) is 30.9 Å². The first kappa shape index (κ1) is 24.7. The van der Waals surface area contributed by atoms with Crippen LogP contribution in [-0.2, 0) is 20.5 Å². The molecule has 1 aromatic heterocycles. The normalized spacial score (nSPS) is 13.6. The molecule has 0 spiro atoms. The summed E-state index contributed by atoms with van der Waals surface area (Å²) in [4.78, 5) is 17.5. The first-order chi connectivity index (χ1) is 15.6. The van der Waals surface area contributed by atoms with Crippen LogP contribution in [0.15, 0.2) is 71.7 Å². The van der Waals surface area contributed by atoms with Crippen molar-refractivity contribution in [1.82, 2.24) is 15.1 Å². The minimum atomic E-state index is -3.23. The average molecular weight is 485 g/mol. The molecule has 1 unspecified atom stereocenters. The molecule has 2 aromatic carbocycles. The molecule has 174 valence electrons. The molecule has 9 heteroatoms. The van der Waals surface area contributed by atoms with Crippen molar-refractivity contribution < 1.29 is 13.2 Å². The molecule has 0 saturated carbocycles. The number of fused-ring (bicyclic) bond motifs is 1. The molecule has 0 saturated heterocycles. The third kappa shape index (κ3) is 5.72. The zero-order valence-corrected chi connectivity index (χ0v) is 20.8. The maximum Gasteiger partial charge on any atom is 0.232 e. The van der Waals surface area contributed by atoms with E-state index in [1.807, 2.05) is 62.4 Å². The zero-order chi connectivity index (χ0) is 24.2. The first-order valence-electron chi connectivity index (χ1n) is 10.3. The number of aliphatic imine (C=N–C) groups is 1. The number of rotatable bonds is 7. The first-order valence-corrected chi connectivity index (χ1v) is 13.2. The van der Waals surface area contributed by atoms with Crippen LogP contribution in [0.25, 0.3) is 10.9 Å². The summed E-state index contributed by atoms with van der Waals surface area (Å²) in [6, 6.07) is 15.6. The highest BCUT2D eigenvalue weighted by Gasteiger charge is 2.39. The Morgan fingerprint density at radius 1 is 1.24 bits per heavy atom. The summed E-state index contributed by atoms with van der Waals surface area (Å²) in [5.74, 6) is -0.626. The molecule has 1 N–H and O–H groups in total. The van der Waals surface area contributed by atoms with Crippen LogP contribution in [-0.4, -0.2) is 42.6 Å². The second kappa shape index (κ2) is 9.93. The number of aromatic nitrogens is 2. The van der Waals surface area contributed by atoms with Gasteiger partial charge in [0.2, 0.25) is 5.91 Å². The van der Waals surface area contributed by atoms with E-state index in [2.05, 4.69) is 22.0 Å². The van der Waals surface area contributed by atoms with Crippen molar-refractivity contribution in [3.63, 3.8) is 0 Å². The van der Waals surface area contributed by atoms with Gasteiger partial charge in [0, 0.05) is 24.6 Å². The van der Waals surface area contributed by atoms with Crippen molar-refractivity contribution in [1.29, 1.82) is 0 Å². The highest BCUT2D eigenvalue weighted by molar-refractivity contribution is 8.16. The second-order valence-electron chi connectivity index (χ2n) is 8.35. The number of nitrogens with one attached hydrogen (secondary N) is 1. The van der Waals surface area contributed by atoms with Crippen molar-refractivity contribution in [3.05, 3.63) is 77.8 Å². The number of carbonyl (C=O) groups excluding carboxylic acids is 1. The Labute approximate surface area is 198 Å². The molecule has 3 aromatic rings. The van der Waals surface area contributed by atoms with Crippen LogP contribution in [0.3, 0.4) is 0 Å². The molecule has 1 heterocycles. The standard InChI is InChI=1S/C24H28N4O3S2/c1-6-32-23(25-4)27-22(29)24(2,3)21(17-10-8-7-9-11-17)18-12-13-20-19(14-18)15-26-28(20)16-33(5,30)31/h6-15,21H,1,16H2,2-5H3,(H,25,27,29). The maximum atomic E-state index is 13.4. The van der Waals surface area contributed by atoms with Crippen LogP contribution in [0.4, 0.5) is 0 Å². The van der Waals surface area contributed by atoms with Gasteiger partial charge in [0.25, 0.3) is 0 Å². The van der Waals surface area contributed by atoms with E-state index in [9.17, 15) is 13.2 Å². The Balaban J connectivity index is 2.07. The van der Waals surface area contributed by atoms with Crippen molar-refractivity contribution in [3.8, 4) is 0 Å². The van der Waals surface area contributed by atoms with Crippen molar-refractivity contribution in [2.24, 2.45) is 10.4 Å². The fourth-order valence-corrected chi connectivity index (χ4v) is 4.95. The summed E-state index contributed by atoms with van der Waals surface area (Å²) in [6.07, 6.45) is 2.83. The number of thioether (sulfide) groups is 1. The summed E-state index contributed by atoms with van der Waals surface area (Å²) < 4.78 is 25.0. The summed E-state index contributed by atoms with van der Waals surface area (Å²) >= 11 is 1.26. The SMILES string of the molecule is C=CSC(=NC)NC(=O)C(C)(C)C(c1ccccc1)c1ccc2c(cnn2CS(C)(=O)=O)c1. The topological polar surface area (TPSA) is 93.4 Å². The van der Waals surface area contributed by atoms with Crippen LogP contribution >= 0.6 is 11.8 Å². The summed E-state index contributed by atoms with van der Waals surface area (Å²) in [5.41, 5.74) is 1.81. The zero-order valence-electron chi connectivity index (χ0n) is 19.1. The maximum absolute atomic E-state index is 13.4. The summed E-state index contributed by atoms with van der Waals surface area (Å²) in [7, 11) is -1.61. The van der Waals surface area contributed by atoms with Crippen molar-refractivity contribution in [2.75, 3.05) is 13.3 Å². The molecule has 1 atom stereocenters. The van der Waals surface area contributed by atoms with Crippen molar-refractivity contribution in [2.45, 2.75) is 25.6 Å². The van der Waals surface area contributed by atoms with Gasteiger partial charge in [-0.2, -0.15) is 5.10 Å². The Hall–Kier alpha value is -2.91. The smallest absolute Gasteiger partial charge is 0.232 e. The number of amidine groups is 1. The Bertz CT molecular complexity index is 1300. The highest BCUT2D eigenvalue weighted by atomic mass is 32.2. The number of benzene rings is 2. The van der Waals surface area contributed by atoms with Gasteiger partial charge in [0.15, 0.2) is 15.0 Å². The van der Waals surface area contributed by atoms with E-state index in [1.54, 1.807) is 18.7 Å². The molecule has 33 heavy (non-hydrogen) atoms. The lowest BCUT2D eigenvalue weighted by atomic mass is 9.70. The lowest BCUT2D eigenvalue weighted by molar-refractivity contribution is -0.128. The van der Waals surface area contributed by atoms with Gasteiger partial charge in [0.05, 0.1) is 17.1 Å². The van der Waals surface area contributed by atoms with E-state index in [0.29, 0.717) is 5.17 Å². The lowest BCUT2D eigenvalue weighted by Crippen LogP contribution is -2.43. The van der Waals surface area contributed by atoms with Gasteiger partial charge in [-0.05, 0) is 28.7 Å². The summed E-state index contributed by atoms with van der Waals surface area (Å²) in [6.45, 7) is 7.50. The average Bonchev–Trinajstić information content (AvgIpc) is 3.14. The molecule has 0 aliphatic rings. The van der Waals surface area contributed by atoms with Crippen LogP contribution in [0.5, 0.6) is 0 Å². The molecule has 3 rings (SSSR count). The molecule has 0 aliphatic carbocycles. The predicted molar refractivity (Wildman–Crippen MR) is 136 cm³/mol. The van der Waals surface area contributed by atoms with Gasteiger partial charge in [-0.3, -0.25) is 9.79 Å². The number of hydrogen-bond donors (Lipinski definition) is 1. The minimum absolute atomic E-state index is 0.167. The highest BCUT2D eigenvalue weighted by Crippen LogP contribution is 2.42. The quantitative estimate of drug-likeness (QED) is 0.401. The number of hydrogen-bond acceptors (Lipinski definition) is 6. The molecule has 0 aliphatic heterocycles. The monoisotopic (exact) mass is 484 g/mol. The largest absolute Gasteiger partial charge is 0.305 e. The molecule has 7 nitrogen and oxygen atoms in total. The van der Waals surface area contributed by atoms with Crippen LogP contribution in [0, 0.1) is 5.41 Å². The van der Waals surface area contributed by atoms with Gasteiger partial charge in [0.1, 0.15) is 5.88 Å². The molecule has 1 amide bonds. The second-order valence-corrected chi connectivity index (χ2v) is 11.4. The Morgan fingerprint density at radius 2 is 1.94 bits per heavy atom. The minimum Gasteiger partial charge on any atom is -0.305 e. The van der Waals surface area contributed by atoms with Gasteiger partial charge in [-0.25, -0.2) is 13.1 Å². The Kier molecular flexibility index (Phi) is 7.44. The number of amides is 1. The molecule has 0 fully saturated rings. The van der Waals surface area contributed by atoms with Gasteiger partial charge >= 0.3 is 0 Å². The lowest BCUT2D eigenvalue weighted by Gasteiger charge is -2.34. The third-order valence-electron chi connectivity index (χ3n) is 5.41. The van der Waals surface area contributed by atoms with E-state index in [0.717, 1.165) is 22.0 Å². The van der Waals surface area contributed by atoms with E-state index >= 15 is 0 Å². The molecular formula is C24H28N4O3S2. The molecule has 0 radical (unpaired) electrons. The van der Waals surface area contributed by atoms with Gasteiger partial charge in [-0.1, -0.05) is 68.6 Å². The summed E-state index contributed by atoms with van der Waals surface area (Å²) in [5, 5.41) is 10.1. The number of carbonyl (C=O) groups is 1. The fourth-order valence-electron chi connectivity index (χ4n) is 3.89.